The van der Waals surface area contributed by atoms with Crippen LogP contribution in [0.4, 0.5) is 20.4 Å². The minimum Gasteiger partial charge on any atom is -0.373 e. The number of pyridine rings is 1. The van der Waals surface area contributed by atoms with Crippen LogP contribution in [0.3, 0.4) is 0 Å². The summed E-state index contributed by atoms with van der Waals surface area (Å²) in [6.45, 7) is 0.386. The summed E-state index contributed by atoms with van der Waals surface area (Å²) in [4.78, 5) is 4.26. The van der Waals surface area contributed by atoms with Crippen LogP contribution >= 0.6 is 0 Å². The molecule has 94 valence electrons. The lowest BCUT2D eigenvalue weighted by molar-refractivity contribution is 0.507. The molecule has 2 rings (SSSR count). The van der Waals surface area contributed by atoms with Gasteiger partial charge in [-0.15, -0.1) is 0 Å². The first-order valence-corrected chi connectivity index (χ1v) is 5.51. The monoisotopic (exact) mass is 249 g/mol. The maximum Gasteiger partial charge on any atom is 0.159 e. The zero-order valence-corrected chi connectivity index (χ0v) is 9.87. The first-order chi connectivity index (χ1) is 8.69. The van der Waals surface area contributed by atoms with Crippen LogP contribution in [-0.2, 0) is 6.54 Å². The number of hydrogen-bond donors (Lipinski definition) is 2. The summed E-state index contributed by atoms with van der Waals surface area (Å²) in [5, 5.41) is 5.96. The van der Waals surface area contributed by atoms with E-state index in [1.807, 2.05) is 12.1 Å². The molecule has 0 fully saturated rings. The zero-order valence-electron chi connectivity index (χ0n) is 9.87. The Balaban J connectivity index is 2.04. The lowest BCUT2D eigenvalue weighted by Crippen LogP contribution is -2.03. The lowest BCUT2D eigenvalue weighted by Gasteiger charge is -2.07. The van der Waals surface area contributed by atoms with Crippen molar-refractivity contribution in [1.82, 2.24) is 4.98 Å². The minimum absolute atomic E-state index is 0.386. The van der Waals surface area contributed by atoms with Crippen LogP contribution in [-0.4, -0.2) is 12.0 Å². The molecule has 0 unspecified atom stereocenters. The van der Waals surface area contributed by atoms with Gasteiger partial charge in [0.05, 0.1) is 0 Å². The highest BCUT2D eigenvalue weighted by Crippen LogP contribution is 2.12. The van der Waals surface area contributed by atoms with Crippen molar-refractivity contribution in [2.75, 3.05) is 17.7 Å². The van der Waals surface area contributed by atoms with Gasteiger partial charge in [-0.25, -0.2) is 13.8 Å². The Kier molecular flexibility index (Phi) is 3.72. The van der Waals surface area contributed by atoms with Gasteiger partial charge in [-0.05, 0) is 29.8 Å². The SMILES string of the molecule is CNc1cccc(NCc2ccc(F)c(F)c2)n1. The van der Waals surface area contributed by atoms with Crippen molar-refractivity contribution < 1.29 is 8.78 Å². The third-order valence-electron chi connectivity index (χ3n) is 2.46. The normalized spacial score (nSPS) is 10.2. The molecule has 0 saturated carbocycles. The number of anilines is 2. The molecule has 0 bridgehead atoms. The molecular formula is C13H13F2N3. The molecule has 1 aromatic carbocycles. The Morgan fingerprint density at radius 3 is 2.56 bits per heavy atom. The van der Waals surface area contributed by atoms with E-state index in [-0.39, 0.29) is 0 Å². The van der Waals surface area contributed by atoms with Crippen molar-refractivity contribution in [3.63, 3.8) is 0 Å². The summed E-state index contributed by atoms with van der Waals surface area (Å²) in [6.07, 6.45) is 0. The highest BCUT2D eigenvalue weighted by molar-refractivity contribution is 5.45. The van der Waals surface area contributed by atoms with Crippen LogP contribution in [0.15, 0.2) is 36.4 Å². The molecule has 0 aliphatic carbocycles. The van der Waals surface area contributed by atoms with Gasteiger partial charge in [0.25, 0.3) is 0 Å². The molecule has 0 spiro atoms. The average Bonchev–Trinajstić information content (AvgIpc) is 2.40. The van der Waals surface area contributed by atoms with E-state index >= 15 is 0 Å². The van der Waals surface area contributed by atoms with Crippen LogP contribution in [0.25, 0.3) is 0 Å². The number of hydrogen-bond acceptors (Lipinski definition) is 3. The predicted octanol–water partition coefficient (Wildman–Crippen LogP) is 3.01. The fraction of sp³-hybridized carbons (Fsp3) is 0.154. The maximum atomic E-state index is 13.0. The smallest absolute Gasteiger partial charge is 0.159 e. The van der Waals surface area contributed by atoms with Gasteiger partial charge < -0.3 is 10.6 Å². The first kappa shape index (κ1) is 12.3. The Bertz CT molecular complexity index is 544. The average molecular weight is 249 g/mol. The fourth-order valence-corrected chi connectivity index (χ4v) is 1.51. The number of nitrogens with one attached hydrogen (secondary N) is 2. The molecule has 2 aromatic rings. The summed E-state index contributed by atoms with van der Waals surface area (Å²) >= 11 is 0. The first-order valence-electron chi connectivity index (χ1n) is 5.51. The molecule has 3 nitrogen and oxygen atoms in total. The van der Waals surface area contributed by atoms with Gasteiger partial charge in [0, 0.05) is 13.6 Å². The van der Waals surface area contributed by atoms with Crippen LogP contribution in [0, 0.1) is 11.6 Å². The Labute approximate surface area is 104 Å². The van der Waals surface area contributed by atoms with Crippen molar-refractivity contribution >= 4 is 11.6 Å². The Hall–Kier alpha value is -2.17. The molecule has 0 radical (unpaired) electrons. The summed E-state index contributed by atoms with van der Waals surface area (Å²) in [5.74, 6) is -0.267. The van der Waals surface area contributed by atoms with Crippen molar-refractivity contribution in [2.45, 2.75) is 6.54 Å². The fourth-order valence-electron chi connectivity index (χ4n) is 1.51. The molecule has 1 heterocycles. The van der Waals surface area contributed by atoms with Gasteiger partial charge >= 0.3 is 0 Å². The molecule has 5 heteroatoms. The van der Waals surface area contributed by atoms with E-state index in [0.717, 1.165) is 11.9 Å². The van der Waals surface area contributed by atoms with Crippen molar-refractivity contribution in [2.24, 2.45) is 0 Å². The summed E-state index contributed by atoms with van der Waals surface area (Å²) in [6, 6.07) is 9.32. The summed E-state index contributed by atoms with van der Waals surface area (Å²) in [5.41, 5.74) is 0.658. The topological polar surface area (TPSA) is 37.0 Å². The predicted molar refractivity (Wildman–Crippen MR) is 67.5 cm³/mol. The van der Waals surface area contributed by atoms with E-state index in [1.165, 1.54) is 12.1 Å². The largest absolute Gasteiger partial charge is 0.373 e. The second-order valence-corrected chi connectivity index (χ2v) is 3.76. The van der Waals surface area contributed by atoms with Gasteiger partial charge in [-0.1, -0.05) is 12.1 Å². The Morgan fingerprint density at radius 2 is 1.83 bits per heavy atom. The van der Waals surface area contributed by atoms with Gasteiger partial charge in [-0.2, -0.15) is 0 Å². The zero-order chi connectivity index (χ0) is 13.0. The van der Waals surface area contributed by atoms with Crippen LogP contribution in [0.5, 0.6) is 0 Å². The van der Waals surface area contributed by atoms with E-state index in [9.17, 15) is 8.78 Å². The standard InChI is InChI=1S/C13H13F2N3/c1-16-12-3-2-4-13(18-12)17-8-9-5-6-10(14)11(15)7-9/h2-7H,8H2,1H3,(H2,16,17,18). The van der Waals surface area contributed by atoms with Crippen LogP contribution in [0.2, 0.25) is 0 Å². The van der Waals surface area contributed by atoms with Crippen LogP contribution < -0.4 is 10.6 Å². The number of rotatable bonds is 4. The van der Waals surface area contributed by atoms with E-state index in [0.29, 0.717) is 17.9 Å². The van der Waals surface area contributed by atoms with Crippen molar-refractivity contribution in [3.8, 4) is 0 Å². The number of benzene rings is 1. The molecule has 0 aliphatic rings. The molecule has 1 aromatic heterocycles. The third-order valence-corrected chi connectivity index (χ3v) is 2.46. The minimum atomic E-state index is -0.841. The number of halogens is 2. The van der Waals surface area contributed by atoms with Crippen molar-refractivity contribution in [3.05, 3.63) is 53.6 Å². The highest BCUT2D eigenvalue weighted by Gasteiger charge is 2.02. The van der Waals surface area contributed by atoms with E-state index in [1.54, 1.807) is 13.1 Å². The van der Waals surface area contributed by atoms with Gasteiger partial charge in [-0.3, -0.25) is 0 Å². The second kappa shape index (κ2) is 5.44. The van der Waals surface area contributed by atoms with E-state index in [4.69, 9.17) is 0 Å². The van der Waals surface area contributed by atoms with Crippen LogP contribution in [0.1, 0.15) is 5.56 Å². The van der Waals surface area contributed by atoms with Gasteiger partial charge in [0.1, 0.15) is 11.6 Å². The molecular weight excluding hydrogens is 236 g/mol. The van der Waals surface area contributed by atoms with E-state index < -0.39 is 11.6 Å². The lowest BCUT2D eigenvalue weighted by atomic mass is 10.2. The highest BCUT2D eigenvalue weighted by atomic mass is 19.2. The van der Waals surface area contributed by atoms with Gasteiger partial charge in [0.15, 0.2) is 11.6 Å². The summed E-state index contributed by atoms with van der Waals surface area (Å²) < 4.78 is 25.7. The maximum absolute atomic E-state index is 13.0. The second-order valence-electron chi connectivity index (χ2n) is 3.76. The molecule has 0 aliphatic heterocycles. The molecule has 0 amide bonds. The van der Waals surface area contributed by atoms with Crippen molar-refractivity contribution in [1.29, 1.82) is 0 Å². The third kappa shape index (κ3) is 2.94. The molecule has 18 heavy (non-hydrogen) atoms. The molecule has 2 N–H and O–H groups in total. The Morgan fingerprint density at radius 1 is 1.06 bits per heavy atom. The molecule has 0 saturated heterocycles. The number of aromatic nitrogens is 1. The quantitative estimate of drug-likeness (QED) is 0.874. The van der Waals surface area contributed by atoms with Gasteiger partial charge in [0.2, 0.25) is 0 Å². The molecule has 0 atom stereocenters. The number of nitrogens with zero attached hydrogens (tertiary/aromatic N) is 1. The van der Waals surface area contributed by atoms with E-state index in [2.05, 4.69) is 15.6 Å². The summed E-state index contributed by atoms with van der Waals surface area (Å²) in [7, 11) is 1.78.